The number of hydrogen-bond donors (Lipinski definition) is 1. The van der Waals surface area contributed by atoms with E-state index in [1.807, 2.05) is 12.1 Å². The summed E-state index contributed by atoms with van der Waals surface area (Å²) in [4.78, 5) is 24.9. The molecule has 0 aliphatic rings. The first-order valence-electron chi connectivity index (χ1n) is 9.08. The lowest BCUT2D eigenvalue weighted by atomic mass is 9.99. The Bertz CT molecular complexity index is 1190. The molecule has 4 rings (SSSR count). The van der Waals surface area contributed by atoms with Crippen LogP contribution in [0.2, 0.25) is 0 Å². The Hall–Kier alpha value is -3.71. The van der Waals surface area contributed by atoms with Crippen LogP contribution in [0.25, 0.3) is 33.3 Å². The molecule has 1 N–H and O–H groups in total. The van der Waals surface area contributed by atoms with Gasteiger partial charge >= 0.3 is 0 Å². The molecule has 1 aromatic carbocycles. The third-order valence-corrected chi connectivity index (χ3v) is 4.54. The molecule has 0 saturated carbocycles. The average Bonchev–Trinajstić information content (AvgIpc) is 2.79. The van der Waals surface area contributed by atoms with Gasteiger partial charge in [0.1, 0.15) is 11.5 Å². The highest BCUT2D eigenvalue weighted by atomic mass is 19.1. The molecule has 7 heteroatoms. The number of aliphatic hydroxyl groups is 1. The number of benzene rings is 1. The number of carbonyl (C=O) groups is 1. The Balaban J connectivity index is 0.00000124. The van der Waals surface area contributed by atoms with Crippen LogP contribution in [0.1, 0.15) is 17.3 Å². The minimum Gasteiger partial charge on any atom is -0.494 e. The van der Waals surface area contributed by atoms with Crippen LogP contribution in [0, 0.1) is 5.82 Å². The van der Waals surface area contributed by atoms with Crippen LogP contribution >= 0.6 is 0 Å². The molecule has 0 saturated heterocycles. The van der Waals surface area contributed by atoms with Crippen molar-refractivity contribution in [2.24, 2.45) is 0 Å². The van der Waals surface area contributed by atoms with Gasteiger partial charge in [0.25, 0.3) is 0 Å². The van der Waals surface area contributed by atoms with Gasteiger partial charge in [-0.3, -0.25) is 14.8 Å². The van der Waals surface area contributed by atoms with Gasteiger partial charge in [0.2, 0.25) is 0 Å². The molecule has 0 amide bonds. The second-order valence-corrected chi connectivity index (χ2v) is 6.25. The van der Waals surface area contributed by atoms with Crippen molar-refractivity contribution < 1.29 is 19.0 Å². The monoisotopic (exact) mass is 405 g/mol. The van der Waals surface area contributed by atoms with Crippen molar-refractivity contribution in [3.8, 4) is 28.1 Å². The standard InChI is InChI=1S/C22H16FN3O2.CH4O/c1-13(27)20-17-11-24-10-8-19(17)26-21(22(20)28-2)15-5-3-14(4-6-15)16-7-9-25-12-18(16)23;1-2/h3-12H,1-2H3;2H,1H3. The first-order valence-corrected chi connectivity index (χ1v) is 9.08. The lowest BCUT2D eigenvalue weighted by Gasteiger charge is -2.14. The summed E-state index contributed by atoms with van der Waals surface area (Å²) >= 11 is 0. The zero-order valence-corrected chi connectivity index (χ0v) is 16.8. The lowest BCUT2D eigenvalue weighted by molar-refractivity contribution is 0.101. The fraction of sp³-hybridized carbons (Fsp3) is 0.130. The minimum absolute atomic E-state index is 0.131. The van der Waals surface area contributed by atoms with Gasteiger partial charge in [-0.1, -0.05) is 24.3 Å². The summed E-state index contributed by atoms with van der Waals surface area (Å²) in [5.74, 6) is -0.118. The van der Waals surface area contributed by atoms with Crippen molar-refractivity contribution in [3.05, 3.63) is 72.6 Å². The van der Waals surface area contributed by atoms with E-state index in [0.29, 0.717) is 33.5 Å². The van der Waals surface area contributed by atoms with Crippen LogP contribution in [-0.4, -0.2) is 40.1 Å². The molecule has 0 aliphatic carbocycles. The van der Waals surface area contributed by atoms with E-state index in [9.17, 15) is 9.18 Å². The lowest BCUT2D eigenvalue weighted by Crippen LogP contribution is -2.03. The summed E-state index contributed by atoms with van der Waals surface area (Å²) in [5.41, 5.74) is 3.60. The number of ketones is 1. The van der Waals surface area contributed by atoms with Crippen LogP contribution < -0.4 is 4.74 Å². The van der Waals surface area contributed by atoms with Crippen LogP contribution in [0.3, 0.4) is 0 Å². The minimum atomic E-state index is -0.386. The summed E-state index contributed by atoms with van der Waals surface area (Å²) in [6.45, 7) is 1.49. The number of pyridine rings is 3. The number of aromatic nitrogens is 3. The Kier molecular flexibility index (Phi) is 6.44. The largest absolute Gasteiger partial charge is 0.494 e. The molecular weight excluding hydrogens is 385 g/mol. The van der Waals surface area contributed by atoms with Gasteiger partial charge < -0.3 is 9.84 Å². The smallest absolute Gasteiger partial charge is 0.164 e. The summed E-state index contributed by atoms with van der Waals surface area (Å²) in [5, 5.41) is 7.64. The summed E-state index contributed by atoms with van der Waals surface area (Å²) in [7, 11) is 2.51. The van der Waals surface area contributed by atoms with E-state index in [1.165, 1.54) is 20.2 Å². The highest BCUT2D eigenvalue weighted by molar-refractivity contribution is 6.10. The Labute approximate surface area is 173 Å². The number of ether oxygens (including phenoxy) is 1. The average molecular weight is 405 g/mol. The third-order valence-electron chi connectivity index (χ3n) is 4.54. The molecular formula is C23H20FN3O3. The highest BCUT2D eigenvalue weighted by Crippen LogP contribution is 2.37. The van der Waals surface area contributed by atoms with E-state index in [-0.39, 0.29) is 11.6 Å². The quantitative estimate of drug-likeness (QED) is 0.509. The number of hydrogen-bond acceptors (Lipinski definition) is 6. The van der Waals surface area contributed by atoms with Crippen molar-refractivity contribution >= 4 is 16.7 Å². The van der Waals surface area contributed by atoms with Crippen molar-refractivity contribution in [1.82, 2.24) is 15.0 Å². The number of nitrogens with zero attached hydrogens (tertiary/aromatic N) is 3. The van der Waals surface area contributed by atoms with E-state index >= 15 is 0 Å². The predicted octanol–water partition coefficient (Wildman–Crippen LogP) is 4.32. The van der Waals surface area contributed by atoms with Gasteiger partial charge in [0.05, 0.1) is 24.4 Å². The number of methoxy groups -OCH3 is 1. The maximum atomic E-state index is 14.0. The Morgan fingerprint density at radius 2 is 1.60 bits per heavy atom. The highest BCUT2D eigenvalue weighted by Gasteiger charge is 2.20. The molecule has 0 atom stereocenters. The molecule has 0 bridgehead atoms. The molecule has 6 nitrogen and oxygen atoms in total. The fourth-order valence-corrected chi connectivity index (χ4v) is 3.25. The van der Waals surface area contributed by atoms with Gasteiger partial charge in [-0.25, -0.2) is 9.37 Å². The molecule has 0 unspecified atom stereocenters. The van der Waals surface area contributed by atoms with Crippen LogP contribution in [0.15, 0.2) is 61.2 Å². The van der Waals surface area contributed by atoms with Gasteiger partial charge in [0.15, 0.2) is 11.5 Å². The van der Waals surface area contributed by atoms with Crippen LogP contribution in [-0.2, 0) is 0 Å². The maximum Gasteiger partial charge on any atom is 0.164 e. The number of aliphatic hydroxyl groups excluding tert-OH is 1. The van der Waals surface area contributed by atoms with Crippen molar-refractivity contribution in [1.29, 1.82) is 0 Å². The first kappa shape index (κ1) is 21.0. The van der Waals surface area contributed by atoms with Gasteiger partial charge in [-0.2, -0.15) is 0 Å². The fourth-order valence-electron chi connectivity index (χ4n) is 3.25. The SMILES string of the molecule is CO.COc1c(-c2ccc(-c3ccncc3F)cc2)nc2ccncc2c1C(C)=O. The Morgan fingerprint density at radius 3 is 2.23 bits per heavy atom. The molecule has 3 aromatic heterocycles. The number of halogens is 1. The summed E-state index contributed by atoms with van der Waals surface area (Å²) in [6.07, 6.45) is 5.98. The number of fused-ring (bicyclic) bond motifs is 1. The normalized spacial score (nSPS) is 10.3. The third kappa shape index (κ3) is 3.88. The molecule has 4 aromatic rings. The first-order chi connectivity index (χ1) is 14.6. The van der Waals surface area contributed by atoms with Crippen molar-refractivity contribution in [3.63, 3.8) is 0 Å². The Morgan fingerprint density at radius 1 is 0.967 bits per heavy atom. The second-order valence-electron chi connectivity index (χ2n) is 6.25. The summed E-state index contributed by atoms with van der Waals surface area (Å²) in [6, 6.07) is 10.7. The van der Waals surface area contributed by atoms with Gasteiger partial charge in [-0.05, 0) is 24.6 Å². The number of Topliss-reactive ketones (excluding diaryl/α,β-unsaturated/α-hetero) is 1. The summed E-state index contributed by atoms with van der Waals surface area (Å²) < 4.78 is 19.6. The molecule has 152 valence electrons. The molecule has 0 fully saturated rings. The maximum absolute atomic E-state index is 14.0. The van der Waals surface area contributed by atoms with Crippen LogP contribution in [0.5, 0.6) is 5.75 Å². The number of carbonyl (C=O) groups excluding carboxylic acids is 1. The second kappa shape index (κ2) is 9.19. The molecule has 0 spiro atoms. The number of rotatable bonds is 4. The predicted molar refractivity (Wildman–Crippen MR) is 113 cm³/mol. The van der Waals surface area contributed by atoms with Crippen molar-refractivity contribution in [2.45, 2.75) is 6.92 Å². The zero-order valence-electron chi connectivity index (χ0n) is 16.8. The molecule has 0 radical (unpaired) electrons. The van der Waals surface area contributed by atoms with Crippen molar-refractivity contribution in [2.75, 3.05) is 14.2 Å². The molecule has 30 heavy (non-hydrogen) atoms. The van der Waals surface area contributed by atoms with Gasteiger partial charge in [-0.15, -0.1) is 0 Å². The molecule has 3 heterocycles. The van der Waals surface area contributed by atoms with Gasteiger partial charge in [0, 0.05) is 42.2 Å². The van der Waals surface area contributed by atoms with E-state index in [2.05, 4.69) is 15.0 Å². The van der Waals surface area contributed by atoms with E-state index in [4.69, 9.17) is 9.84 Å². The van der Waals surface area contributed by atoms with E-state index in [1.54, 1.807) is 42.9 Å². The topological polar surface area (TPSA) is 85.2 Å². The molecule has 0 aliphatic heterocycles. The van der Waals surface area contributed by atoms with Crippen LogP contribution in [0.4, 0.5) is 4.39 Å². The van der Waals surface area contributed by atoms with E-state index in [0.717, 1.165) is 18.2 Å². The van der Waals surface area contributed by atoms with E-state index < -0.39 is 0 Å². The zero-order chi connectivity index (χ0) is 21.7.